The molecule has 1 aromatic heterocycles. The van der Waals surface area contributed by atoms with Crippen LogP contribution < -0.4 is 4.74 Å². The smallest absolute Gasteiger partial charge is 0.312 e. The van der Waals surface area contributed by atoms with E-state index in [0.29, 0.717) is 5.69 Å². The van der Waals surface area contributed by atoms with Gasteiger partial charge < -0.3 is 4.74 Å². The fraction of sp³-hybridized carbons (Fsp3) is 0.111. The summed E-state index contributed by atoms with van der Waals surface area (Å²) in [6.45, 7) is 0. The van der Waals surface area contributed by atoms with E-state index in [4.69, 9.17) is 16.3 Å². The molecular weight excluding hydrogens is 248 g/mol. The summed E-state index contributed by atoms with van der Waals surface area (Å²) in [5.74, 6) is 0.116. The molecule has 1 heterocycles. The van der Waals surface area contributed by atoms with Gasteiger partial charge in [-0.05, 0) is 0 Å². The number of aromatic nitrogens is 3. The van der Waals surface area contributed by atoms with E-state index in [-0.39, 0.29) is 16.5 Å². The number of hydrogen-bond acceptors (Lipinski definition) is 5. The second kappa shape index (κ2) is 4.38. The highest BCUT2D eigenvalue weighted by Gasteiger charge is 2.19. The maximum atomic E-state index is 10.8. The number of methoxy groups -OCH3 is 1. The van der Waals surface area contributed by atoms with Gasteiger partial charge in [0.1, 0.15) is 0 Å². The first-order chi connectivity index (χ1) is 8.13. The van der Waals surface area contributed by atoms with Crippen molar-refractivity contribution in [1.82, 2.24) is 15.0 Å². The first-order valence-electron chi connectivity index (χ1n) is 4.52. The summed E-state index contributed by atoms with van der Waals surface area (Å²) in [6, 6.07) is 2.66. The van der Waals surface area contributed by atoms with E-state index in [9.17, 15) is 10.1 Å². The number of halogens is 1. The maximum absolute atomic E-state index is 10.8. The minimum absolute atomic E-state index is 0.116. The average molecular weight is 255 g/mol. The van der Waals surface area contributed by atoms with Crippen LogP contribution in [0.25, 0.3) is 5.69 Å². The van der Waals surface area contributed by atoms with Gasteiger partial charge in [-0.2, -0.15) is 0 Å². The van der Waals surface area contributed by atoms with Crippen LogP contribution >= 0.6 is 11.6 Å². The van der Waals surface area contributed by atoms with Crippen molar-refractivity contribution in [3.8, 4) is 11.4 Å². The summed E-state index contributed by atoms with van der Waals surface area (Å²) in [7, 11) is 1.35. The molecular formula is C9H7ClN4O3. The van der Waals surface area contributed by atoms with Gasteiger partial charge in [-0.15, -0.1) is 5.10 Å². The molecule has 8 heteroatoms. The van der Waals surface area contributed by atoms with E-state index in [1.807, 2.05) is 0 Å². The van der Waals surface area contributed by atoms with Crippen LogP contribution in [0.3, 0.4) is 0 Å². The molecule has 0 radical (unpaired) electrons. The lowest BCUT2D eigenvalue weighted by Gasteiger charge is -2.07. The van der Waals surface area contributed by atoms with Crippen molar-refractivity contribution in [1.29, 1.82) is 0 Å². The Hall–Kier alpha value is -2.15. The predicted molar refractivity (Wildman–Crippen MR) is 59.6 cm³/mol. The highest BCUT2D eigenvalue weighted by atomic mass is 35.5. The molecule has 0 unspecified atom stereocenters. The topological polar surface area (TPSA) is 83.1 Å². The average Bonchev–Trinajstić information content (AvgIpc) is 2.82. The number of rotatable bonds is 3. The molecule has 2 rings (SSSR count). The number of nitro benzene ring substituents is 1. The molecule has 2 aromatic rings. The molecule has 0 fully saturated rings. The largest absolute Gasteiger partial charge is 0.490 e. The Labute approximate surface area is 101 Å². The summed E-state index contributed by atoms with van der Waals surface area (Å²) in [6.07, 6.45) is 3.05. The van der Waals surface area contributed by atoms with Gasteiger partial charge in [0.05, 0.1) is 35.1 Å². The molecule has 0 amide bonds. The monoisotopic (exact) mass is 254 g/mol. The molecule has 0 aliphatic rings. The van der Waals surface area contributed by atoms with E-state index in [0.717, 1.165) is 0 Å². The van der Waals surface area contributed by atoms with Crippen molar-refractivity contribution >= 4 is 17.3 Å². The zero-order chi connectivity index (χ0) is 12.4. The number of hydrogen-bond donors (Lipinski definition) is 0. The molecule has 0 aliphatic heterocycles. The first kappa shape index (κ1) is 11.3. The second-order valence-corrected chi connectivity index (χ2v) is 3.49. The molecule has 1 aromatic carbocycles. The van der Waals surface area contributed by atoms with Crippen LogP contribution in [-0.2, 0) is 0 Å². The summed E-state index contributed by atoms with van der Waals surface area (Å²) >= 11 is 5.95. The lowest BCUT2D eigenvalue weighted by Crippen LogP contribution is -2.00. The van der Waals surface area contributed by atoms with Gasteiger partial charge in [-0.1, -0.05) is 16.8 Å². The summed E-state index contributed by atoms with van der Waals surface area (Å²) in [4.78, 5) is 10.2. The molecule has 0 bridgehead atoms. The molecule has 0 aliphatic carbocycles. The maximum Gasteiger partial charge on any atom is 0.312 e. The van der Waals surface area contributed by atoms with Crippen LogP contribution in [0.5, 0.6) is 5.75 Å². The molecule has 17 heavy (non-hydrogen) atoms. The fourth-order valence-corrected chi connectivity index (χ4v) is 1.60. The molecule has 0 saturated carbocycles. The number of benzene rings is 1. The second-order valence-electron chi connectivity index (χ2n) is 3.08. The summed E-state index contributed by atoms with van der Waals surface area (Å²) < 4.78 is 6.34. The normalized spacial score (nSPS) is 10.2. The zero-order valence-corrected chi connectivity index (χ0v) is 9.46. The predicted octanol–water partition coefficient (Wildman–Crippen LogP) is 1.84. The Kier molecular flexibility index (Phi) is 2.92. The van der Waals surface area contributed by atoms with Gasteiger partial charge in [-0.25, -0.2) is 4.68 Å². The third-order valence-corrected chi connectivity index (χ3v) is 2.42. The Morgan fingerprint density at radius 2 is 2.29 bits per heavy atom. The first-order valence-corrected chi connectivity index (χ1v) is 4.90. The molecule has 0 N–H and O–H groups in total. The van der Waals surface area contributed by atoms with Gasteiger partial charge in [0, 0.05) is 12.1 Å². The zero-order valence-electron chi connectivity index (χ0n) is 8.70. The van der Waals surface area contributed by atoms with Crippen molar-refractivity contribution in [3.63, 3.8) is 0 Å². The quantitative estimate of drug-likeness (QED) is 0.616. The van der Waals surface area contributed by atoms with Crippen LogP contribution in [0.2, 0.25) is 5.02 Å². The van der Waals surface area contributed by atoms with E-state index in [2.05, 4.69) is 10.3 Å². The van der Waals surface area contributed by atoms with Crippen molar-refractivity contribution in [2.45, 2.75) is 0 Å². The Bertz CT molecular complexity index is 556. The molecule has 0 saturated heterocycles. The molecule has 0 atom stereocenters. The van der Waals surface area contributed by atoms with Crippen LogP contribution in [0, 0.1) is 10.1 Å². The van der Waals surface area contributed by atoms with E-state index in [1.165, 1.54) is 30.1 Å². The van der Waals surface area contributed by atoms with E-state index >= 15 is 0 Å². The highest BCUT2D eigenvalue weighted by molar-refractivity contribution is 6.32. The third kappa shape index (κ3) is 2.04. The van der Waals surface area contributed by atoms with E-state index in [1.54, 1.807) is 6.20 Å². The van der Waals surface area contributed by atoms with Crippen molar-refractivity contribution in [2.24, 2.45) is 0 Å². The van der Waals surface area contributed by atoms with Gasteiger partial charge in [0.2, 0.25) is 0 Å². The Morgan fingerprint density at radius 1 is 1.53 bits per heavy atom. The lowest BCUT2D eigenvalue weighted by molar-refractivity contribution is -0.385. The molecule has 0 spiro atoms. The van der Waals surface area contributed by atoms with Crippen molar-refractivity contribution < 1.29 is 9.66 Å². The lowest BCUT2D eigenvalue weighted by atomic mass is 10.2. The van der Waals surface area contributed by atoms with E-state index < -0.39 is 4.92 Å². The molecule has 88 valence electrons. The molecule has 7 nitrogen and oxygen atoms in total. The van der Waals surface area contributed by atoms with Crippen LogP contribution in [0.4, 0.5) is 5.69 Å². The highest BCUT2D eigenvalue weighted by Crippen LogP contribution is 2.34. The number of nitro groups is 1. The standard InChI is InChI=1S/C9H7ClN4O3/c1-17-9-5-7(13-3-2-11-12-13)6(10)4-8(9)14(15)16/h2-5H,1H3. The number of nitrogens with zero attached hydrogens (tertiary/aromatic N) is 4. The Balaban J connectivity index is 2.60. The minimum atomic E-state index is -0.560. The fourth-order valence-electron chi connectivity index (χ4n) is 1.35. The number of ether oxygens (including phenoxy) is 1. The van der Waals surface area contributed by atoms with Gasteiger partial charge >= 0.3 is 5.69 Å². The SMILES string of the molecule is COc1cc(-n2ccnn2)c(Cl)cc1[N+](=O)[O-]. The van der Waals surface area contributed by atoms with Crippen molar-refractivity contribution in [3.05, 3.63) is 39.7 Å². The summed E-state index contributed by atoms with van der Waals surface area (Å²) in [5, 5.41) is 18.3. The van der Waals surface area contributed by atoms with Crippen molar-refractivity contribution in [2.75, 3.05) is 7.11 Å². The van der Waals surface area contributed by atoms with Crippen LogP contribution in [-0.4, -0.2) is 27.0 Å². The van der Waals surface area contributed by atoms with Crippen LogP contribution in [0.1, 0.15) is 0 Å². The van der Waals surface area contributed by atoms with Crippen LogP contribution in [0.15, 0.2) is 24.5 Å². The minimum Gasteiger partial charge on any atom is -0.490 e. The summed E-state index contributed by atoms with van der Waals surface area (Å²) in [5.41, 5.74) is 0.271. The third-order valence-electron chi connectivity index (χ3n) is 2.11. The Morgan fingerprint density at radius 3 is 2.82 bits per heavy atom. The van der Waals surface area contributed by atoms with Gasteiger partial charge in [0.25, 0.3) is 0 Å². The van der Waals surface area contributed by atoms with Gasteiger partial charge in [0.15, 0.2) is 5.75 Å². The van der Waals surface area contributed by atoms with Gasteiger partial charge in [-0.3, -0.25) is 10.1 Å².